The summed E-state index contributed by atoms with van der Waals surface area (Å²) in [7, 11) is 0. The number of hydrogen-bond acceptors (Lipinski definition) is 8. The van der Waals surface area contributed by atoms with Crippen LogP contribution in [0.25, 0.3) is 0 Å². The minimum Gasteiger partial charge on any atom is -0.669 e. The molecule has 1 aromatic carbocycles. The van der Waals surface area contributed by atoms with E-state index >= 15 is 0 Å². The van der Waals surface area contributed by atoms with Gasteiger partial charge < -0.3 is 35.2 Å². The van der Waals surface area contributed by atoms with Crippen LogP contribution in [0, 0.1) is 5.41 Å². The van der Waals surface area contributed by atoms with E-state index in [1.165, 1.54) is 4.68 Å². The largest absolute Gasteiger partial charge is 1.00 e. The molecule has 0 aliphatic carbocycles. The molecule has 0 atom stereocenters. The Morgan fingerprint density at radius 1 is 1.41 bits per heavy atom. The molecule has 0 unspecified atom stereocenters. The molecule has 13 heteroatoms. The van der Waals surface area contributed by atoms with Gasteiger partial charge in [0.25, 0.3) is 0 Å². The number of nitrogens with two attached hydrogens (primary N) is 1. The van der Waals surface area contributed by atoms with Crippen molar-refractivity contribution in [3.05, 3.63) is 40.7 Å². The van der Waals surface area contributed by atoms with Gasteiger partial charge in [-0.3, -0.25) is 5.41 Å². The van der Waals surface area contributed by atoms with Gasteiger partial charge in [-0.05, 0) is 17.5 Å². The van der Waals surface area contributed by atoms with Gasteiger partial charge in [0.15, 0.2) is 5.96 Å². The van der Waals surface area contributed by atoms with E-state index in [1.807, 2.05) is 0 Å². The van der Waals surface area contributed by atoms with Crippen LogP contribution in [0.5, 0.6) is 5.75 Å². The van der Waals surface area contributed by atoms with Crippen LogP contribution in [0.3, 0.4) is 0 Å². The normalized spacial score (nSPS) is 17.5. The maximum absolute atomic E-state index is 11.7. The van der Waals surface area contributed by atoms with Crippen LogP contribution in [-0.2, 0) is 13.0 Å². The molecule has 0 radical (unpaired) electrons. The van der Waals surface area contributed by atoms with Gasteiger partial charge in [-0.15, -0.1) is 5.10 Å². The van der Waals surface area contributed by atoms with Gasteiger partial charge in [-0.2, -0.15) is 0 Å². The molecule has 1 aromatic heterocycles. The van der Waals surface area contributed by atoms with E-state index in [0.717, 1.165) is 5.69 Å². The first-order valence-corrected chi connectivity index (χ1v) is 8.88. The molecule has 2 aliphatic rings. The molecule has 0 spiro atoms. The Morgan fingerprint density at radius 3 is 2.79 bits per heavy atom. The number of carbonyl (C=O) groups excluding carboxylic acids is 1. The van der Waals surface area contributed by atoms with E-state index in [0.29, 0.717) is 30.6 Å². The summed E-state index contributed by atoms with van der Waals surface area (Å²) in [6.07, 6.45) is 2.02. The average Bonchev–Trinajstić information content (AvgIpc) is 2.99. The summed E-state index contributed by atoms with van der Waals surface area (Å²) in [5.41, 5.74) is 6.89. The van der Waals surface area contributed by atoms with E-state index in [9.17, 15) is 19.9 Å². The Kier molecular flexibility index (Phi) is 5.92. The molecule has 5 N–H and O–H groups in total. The molecule has 29 heavy (non-hydrogen) atoms. The minimum atomic E-state index is -3.09. The van der Waals surface area contributed by atoms with Crippen LogP contribution in [0.1, 0.15) is 33.1 Å². The third kappa shape index (κ3) is 4.26. The molecule has 0 saturated carbocycles. The third-order valence-corrected chi connectivity index (χ3v) is 5.16. The van der Waals surface area contributed by atoms with Crippen LogP contribution in [0.2, 0.25) is 6.32 Å². The fourth-order valence-electron chi connectivity index (χ4n) is 3.56. The molecule has 11 nitrogen and oxygen atoms in total. The molecule has 148 valence electrons. The SMILES string of the molecule is N=C(N)N1CC(c2cn(Cc3ccc4c(c3C(=O)[O-])O[B-](O)(O)CC4)nn2)C1.[Na+]. The Balaban J connectivity index is 0.00000240. The zero-order chi connectivity index (χ0) is 20.1. The maximum atomic E-state index is 11.7. The van der Waals surface area contributed by atoms with E-state index in [-0.39, 0.29) is 65.6 Å². The number of carboxylic acid groups (broad SMARTS) is 1. The monoisotopic (exact) mass is 409 g/mol. The van der Waals surface area contributed by atoms with Crippen molar-refractivity contribution in [3.8, 4) is 5.75 Å². The van der Waals surface area contributed by atoms with E-state index in [2.05, 4.69) is 10.3 Å². The molecule has 0 bridgehead atoms. The first-order valence-electron chi connectivity index (χ1n) is 8.88. The van der Waals surface area contributed by atoms with Crippen molar-refractivity contribution in [2.75, 3.05) is 13.1 Å². The van der Waals surface area contributed by atoms with Crippen LogP contribution < -0.4 is 45.1 Å². The molecular weight excluding hydrogens is 390 g/mol. The maximum Gasteiger partial charge on any atom is 1.00 e. The Morgan fingerprint density at radius 2 is 2.14 bits per heavy atom. The van der Waals surface area contributed by atoms with Gasteiger partial charge in [0.2, 0.25) is 0 Å². The molecule has 1 saturated heterocycles. The van der Waals surface area contributed by atoms with Crippen LogP contribution in [-0.4, -0.2) is 61.7 Å². The number of aromatic nitrogens is 3. The standard InChI is InChI=1S/C16H20BN6O5.Na/c18-16(19)22-5-11(6-22)12-8-23(21-20-12)7-10-2-1-9-3-4-17(26,27)28-14(9)13(10)15(24)25;/h1-2,8,11,26-27H,3-7H2,(H3,18,19)(H,24,25);/q-1;+1/p-1. The first-order chi connectivity index (χ1) is 13.2. The number of rotatable bonds is 4. The number of benzene rings is 1. The fraction of sp³-hybridized carbons (Fsp3) is 0.375. The van der Waals surface area contributed by atoms with Crippen LogP contribution in [0.4, 0.5) is 0 Å². The summed E-state index contributed by atoms with van der Waals surface area (Å²) in [4.78, 5) is 13.4. The summed E-state index contributed by atoms with van der Waals surface area (Å²) in [5, 5.41) is 46.9. The van der Waals surface area contributed by atoms with Gasteiger partial charge in [0.1, 0.15) is 0 Å². The number of carbonyl (C=O) groups is 1. The summed E-state index contributed by atoms with van der Waals surface area (Å²) >= 11 is 0. The van der Waals surface area contributed by atoms with Crippen molar-refractivity contribution >= 4 is 18.7 Å². The Hall–Kier alpha value is -2.12. The smallest absolute Gasteiger partial charge is 0.669 e. The first kappa shape index (κ1) is 21.6. The topological polar surface area (TPSA) is 174 Å². The number of hydrogen-bond donors (Lipinski definition) is 4. The van der Waals surface area contributed by atoms with E-state index < -0.39 is 12.7 Å². The Bertz CT molecular complexity index is 961. The minimum absolute atomic E-state index is 0. The van der Waals surface area contributed by atoms with Gasteiger partial charge >= 0.3 is 36.3 Å². The number of aromatic carboxylic acids is 1. The second-order valence-electron chi connectivity index (χ2n) is 7.22. The number of carboxylic acids is 1. The molecular formula is C16H19BN6NaO5-. The van der Waals surface area contributed by atoms with Gasteiger partial charge in [0.05, 0.1) is 24.0 Å². The number of likely N-dealkylation sites (tertiary alicyclic amines) is 1. The molecule has 4 rings (SSSR count). The van der Waals surface area contributed by atoms with Crippen molar-refractivity contribution in [1.82, 2.24) is 19.9 Å². The average molecular weight is 409 g/mol. The fourth-order valence-corrected chi connectivity index (χ4v) is 3.56. The quantitative estimate of drug-likeness (QED) is 0.219. The van der Waals surface area contributed by atoms with Crippen molar-refractivity contribution < 1.29 is 54.2 Å². The summed E-state index contributed by atoms with van der Waals surface area (Å²) in [6, 6.07) is 3.35. The van der Waals surface area contributed by atoms with Crippen molar-refractivity contribution in [2.45, 2.75) is 25.2 Å². The van der Waals surface area contributed by atoms with Gasteiger partial charge in [-0.25, -0.2) is 4.68 Å². The molecule has 2 aromatic rings. The molecule has 0 amide bonds. The summed E-state index contributed by atoms with van der Waals surface area (Å²) < 4.78 is 6.66. The zero-order valence-corrected chi connectivity index (χ0v) is 17.9. The number of nitrogens with zero attached hydrogens (tertiary/aromatic N) is 4. The Labute approximate surface area is 188 Å². The zero-order valence-electron chi connectivity index (χ0n) is 15.9. The summed E-state index contributed by atoms with van der Waals surface area (Å²) in [5.74, 6) is -1.40. The van der Waals surface area contributed by atoms with Crippen LogP contribution in [0.15, 0.2) is 18.3 Å². The number of aryl methyl sites for hydroxylation is 1. The molecule has 2 aliphatic heterocycles. The van der Waals surface area contributed by atoms with Gasteiger partial charge in [0, 0.05) is 30.8 Å². The predicted molar refractivity (Wildman–Crippen MR) is 95.5 cm³/mol. The predicted octanol–water partition coefficient (Wildman–Crippen LogP) is -5.16. The second kappa shape index (κ2) is 7.96. The van der Waals surface area contributed by atoms with Crippen molar-refractivity contribution in [2.24, 2.45) is 5.73 Å². The number of guanidine groups is 1. The van der Waals surface area contributed by atoms with Gasteiger partial charge in [-0.1, -0.05) is 23.7 Å². The van der Waals surface area contributed by atoms with E-state index in [1.54, 1.807) is 23.2 Å². The third-order valence-electron chi connectivity index (χ3n) is 5.16. The number of fused-ring (bicyclic) bond motifs is 1. The molecule has 3 heterocycles. The number of nitrogens with one attached hydrogen (secondary N) is 1. The molecule has 1 fully saturated rings. The van der Waals surface area contributed by atoms with E-state index in [4.69, 9.17) is 15.8 Å². The van der Waals surface area contributed by atoms with Crippen LogP contribution >= 0.6 is 0 Å². The summed E-state index contributed by atoms with van der Waals surface area (Å²) in [6.45, 7) is -1.81. The van der Waals surface area contributed by atoms with Crippen molar-refractivity contribution in [3.63, 3.8) is 0 Å². The second-order valence-corrected chi connectivity index (χ2v) is 7.22. The van der Waals surface area contributed by atoms with Crippen molar-refractivity contribution in [1.29, 1.82) is 5.41 Å².